The fourth-order valence-electron chi connectivity index (χ4n) is 3.75. The second kappa shape index (κ2) is 8.79. The largest absolute Gasteiger partial charge is 0.493 e. The van der Waals surface area contributed by atoms with Crippen molar-refractivity contribution in [1.82, 2.24) is 0 Å². The summed E-state index contributed by atoms with van der Waals surface area (Å²) in [5.41, 5.74) is 4.18. The summed E-state index contributed by atoms with van der Waals surface area (Å²) in [6.45, 7) is 15.1. The van der Waals surface area contributed by atoms with Crippen LogP contribution in [0.25, 0.3) is 0 Å². The molecule has 0 saturated carbocycles. The lowest BCUT2D eigenvalue weighted by Crippen LogP contribution is -2.94. The molecule has 2 aromatic rings. The molecule has 2 N–H and O–H groups in total. The minimum absolute atomic E-state index is 0.200. The smallest absolute Gasteiger partial charge is 0.161 e. The number of benzene rings is 2. The van der Waals surface area contributed by atoms with Gasteiger partial charge >= 0.3 is 0 Å². The van der Waals surface area contributed by atoms with E-state index in [1.54, 1.807) is 7.11 Å². The van der Waals surface area contributed by atoms with Crippen LogP contribution < -0.4 is 14.8 Å². The Hall–Kier alpha value is -2.00. The number of ether oxygens (including phenoxy) is 2. The van der Waals surface area contributed by atoms with E-state index in [0.717, 1.165) is 24.5 Å². The van der Waals surface area contributed by atoms with Crippen LogP contribution in [-0.4, -0.2) is 12.6 Å². The highest BCUT2D eigenvalue weighted by molar-refractivity contribution is 5.43. The molecule has 0 bridgehead atoms. The molecule has 0 radical (unpaired) electrons. The molecule has 3 heteroatoms. The van der Waals surface area contributed by atoms with Crippen molar-refractivity contribution in [2.45, 2.75) is 66.7 Å². The Morgan fingerprint density at radius 2 is 1.63 bits per heavy atom. The molecule has 0 atom stereocenters. The Morgan fingerprint density at radius 1 is 0.889 bits per heavy atom. The first-order valence-electron chi connectivity index (χ1n) is 9.78. The SMILES string of the molecule is COc1cc(C[NH2+]C(C)(C)CC(C)(C)C)ccc1OCc1cccc(C)c1. The summed E-state index contributed by atoms with van der Waals surface area (Å²) in [6.07, 6.45) is 1.16. The number of hydrogen-bond donors (Lipinski definition) is 1. The van der Waals surface area contributed by atoms with Gasteiger partial charge in [-0.3, -0.25) is 0 Å². The minimum Gasteiger partial charge on any atom is -0.493 e. The first-order valence-corrected chi connectivity index (χ1v) is 9.78. The summed E-state index contributed by atoms with van der Waals surface area (Å²) in [6, 6.07) is 14.6. The van der Waals surface area contributed by atoms with Crippen LogP contribution in [0.2, 0.25) is 0 Å². The highest BCUT2D eigenvalue weighted by Crippen LogP contribution is 2.29. The fraction of sp³-hybridized carbons (Fsp3) is 0.500. The van der Waals surface area contributed by atoms with Gasteiger partial charge in [0.1, 0.15) is 13.2 Å². The van der Waals surface area contributed by atoms with E-state index in [0.29, 0.717) is 12.0 Å². The molecule has 148 valence electrons. The molecular weight excluding hydrogens is 334 g/mol. The quantitative estimate of drug-likeness (QED) is 0.720. The van der Waals surface area contributed by atoms with E-state index in [4.69, 9.17) is 9.47 Å². The van der Waals surface area contributed by atoms with Gasteiger partial charge in [0, 0.05) is 12.0 Å². The molecule has 0 aromatic heterocycles. The molecule has 2 aromatic carbocycles. The maximum Gasteiger partial charge on any atom is 0.161 e. The van der Waals surface area contributed by atoms with Crippen LogP contribution >= 0.6 is 0 Å². The molecule has 0 amide bonds. The van der Waals surface area contributed by atoms with Crippen LogP contribution in [0.1, 0.15) is 57.7 Å². The van der Waals surface area contributed by atoms with Gasteiger partial charge in [0.2, 0.25) is 0 Å². The molecule has 0 heterocycles. The molecule has 0 unspecified atom stereocenters. The van der Waals surface area contributed by atoms with Gasteiger partial charge in [0.05, 0.1) is 12.6 Å². The van der Waals surface area contributed by atoms with Gasteiger partial charge in [-0.05, 0) is 49.9 Å². The van der Waals surface area contributed by atoms with Crippen molar-refractivity contribution in [3.05, 3.63) is 59.2 Å². The first kappa shape index (κ1) is 21.3. The van der Waals surface area contributed by atoms with Crippen molar-refractivity contribution in [1.29, 1.82) is 0 Å². The van der Waals surface area contributed by atoms with E-state index >= 15 is 0 Å². The monoisotopic (exact) mass is 370 g/mol. The number of methoxy groups -OCH3 is 1. The summed E-state index contributed by atoms with van der Waals surface area (Å²) in [7, 11) is 1.70. The second-order valence-electron chi connectivity index (χ2n) is 9.40. The topological polar surface area (TPSA) is 35.1 Å². The van der Waals surface area contributed by atoms with E-state index in [1.165, 1.54) is 16.7 Å². The van der Waals surface area contributed by atoms with Gasteiger partial charge in [-0.2, -0.15) is 0 Å². The molecule has 0 saturated heterocycles. The van der Waals surface area contributed by atoms with Crippen molar-refractivity contribution >= 4 is 0 Å². The van der Waals surface area contributed by atoms with Crippen LogP contribution in [-0.2, 0) is 13.2 Å². The van der Waals surface area contributed by atoms with Gasteiger partial charge in [0.15, 0.2) is 11.5 Å². The third kappa shape index (κ3) is 7.26. The number of nitrogens with two attached hydrogens (primary N) is 1. The average molecular weight is 371 g/mol. The van der Waals surface area contributed by atoms with Gasteiger partial charge in [-0.25, -0.2) is 0 Å². The molecule has 3 nitrogen and oxygen atoms in total. The zero-order valence-corrected chi connectivity index (χ0v) is 18.1. The van der Waals surface area contributed by atoms with Crippen molar-refractivity contribution in [3.8, 4) is 11.5 Å². The van der Waals surface area contributed by atoms with E-state index in [1.807, 2.05) is 6.07 Å². The Balaban J connectivity index is 2.00. The van der Waals surface area contributed by atoms with Crippen LogP contribution in [0.4, 0.5) is 0 Å². The summed E-state index contributed by atoms with van der Waals surface area (Å²) >= 11 is 0. The third-order valence-electron chi connectivity index (χ3n) is 4.58. The second-order valence-corrected chi connectivity index (χ2v) is 9.40. The summed E-state index contributed by atoms with van der Waals surface area (Å²) < 4.78 is 11.6. The highest BCUT2D eigenvalue weighted by Gasteiger charge is 2.28. The normalized spacial score (nSPS) is 12.1. The van der Waals surface area contributed by atoms with Gasteiger partial charge in [0.25, 0.3) is 0 Å². The summed E-state index contributed by atoms with van der Waals surface area (Å²) in [5.74, 6) is 1.58. The van der Waals surface area contributed by atoms with Crippen LogP contribution in [0, 0.1) is 12.3 Å². The van der Waals surface area contributed by atoms with Gasteiger partial charge < -0.3 is 14.8 Å². The zero-order chi connectivity index (χ0) is 20.1. The zero-order valence-electron chi connectivity index (χ0n) is 18.1. The van der Waals surface area contributed by atoms with E-state index in [-0.39, 0.29) is 5.54 Å². The Labute approximate surface area is 165 Å². The maximum absolute atomic E-state index is 6.00. The number of quaternary nitrogens is 1. The molecule has 0 aliphatic carbocycles. The van der Waals surface area contributed by atoms with E-state index in [9.17, 15) is 0 Å². The van der Waals surface area contributed by atoms with Crippen molar-refractivity contribution in [2.24, 2.45) is 5.41 Å². The summed E-state index contributed by atoms with van der Waals surface area (Å²) in [4.78, 5) is 0. The first-order chi connectivity index (χ1) is 12.6. The van der Waals surface area contributed by atoms with Gasteiger partial charge in [-0.15, -0.1) is 0 Å². The molecule has 0 fully saturated rings. The van der Waals surface area contributed by atoms with Crippen molar-refractivity contribution in [3.63, 3.8) is 0 Å². The van der Waals surface area contributed by atoms with Crippen molar-refractivity contribution < 1.29 is 14.8 Å². The highest BCUT2D eigenvalue weighted by atomic mass is 16.5. The molecule has 0 aliphatic rings. The lowest BCUT2D eigenvalue weighted by atomic mass is 9.82. The van der Waals surface area contributed by atoms with Crippen LogP contribution in [0.5, 0.6) is 11.5 Å². The number of aryl methyl sites for hydroxylation is 1. The Morgan fingerprint density at radius 3 is 2.26 bits per heavy atom. The van der Waals surface area contributed by atoms with Gasteiger partial charge in [-0.1, -0.05) is 50.6 Å². The number of rotatable bonds is 8. The standard InChI is InChI=1S/C24H35NO2/c1-18-9-8-10-20(13-18)16-27-21-12-11-19(14-22(21)26-7)15-25-24(5,6)17-23(2,3)4/h8-14,25H,15-17H2,1-7H3/p+1. The average Bonchev–Trinajstić information content (AvgIpc) is 2.56. The fourth-order valence-corrected chi connectivity index (χ4v) is 3.75. The predicted molar refractivity (Wildman–Crippen MR) is 112 cm³/mol. The summed E-state index contributed by atoms with van der Waals surface area (Å²) in [5, 5.41) is 2.42. The van der Waals surface area contributed by atoms with Crippen LogP contribution in [0.15, 0.2) is 42.5 Å². The van der Waals surface area contributed by atoms with Crippen LogP contribution in [0.3, 0.4) is 0 Å². The van der Waals surface area contributed by atoms with Crippen molar-refractivity contribution in [2.75, 3.05) is 7.11 Å². The molecule has 2 rings (SSSR count). The Kier molecular flexibility index (Phi) is 6.94. The lowest BCUT2D eigenvalue weighted by molar-refractivity contribution is -0.737. The number of hydrogen-bond acceptors (Lipinski definition) is 2. The van der Waals surface area contributed by atoms with E-state index in [2.05, 4.69) is 83.3 Å². The third-order valence-corrected chi connectivity index (χ3v) is 4.58. The molecular formula is C24H36NO2+. The Bertz CT molecular complexity index is 744. The maximum atomic E-state index is 6.00. The predicted octanol–water partition coefficient (Wildman–Crippen LogP) is 4.86. The molecule has 0 aliphatic heterocycles. The molecule has 0 spiro atoms. The lowest BCUT2D eigenvalue weighted by Gasteiger charge is -2.30. The minimum atomic E-state index is 0.200. The van der Waals surface area contributed by atoms with E-state index < -0.39 is 0 Å². The molecule has 27 heavy (non-hydrogen) atoms.